The highest BCUT2D eigenvalue weighted by Crippen LogP contribution is 2.24. The van der Waals surface area contributed by atoms with Crippen molar-refractivity contribution in [2.24, 2.45) is 0 Å². The van der Waals surface area contributed by atoms with Gasteiger partial charge in [-0.15, -0.1) is 0 Å². The standard InChI is InChI=1S/C19H20N2O2S/c1-23-17-8-5-15-13-19(20-18(15)10-9-17)14-3-6-16(7-4-14)21-11-2-12-24(21)22/h3-8,10,13,20H,2,9,11-12H2,1H3. The summed E-state index contributed by atoms with van der Waals surface area (Å²) in [5.74, 6) is 1.73. The monoisotopic (exact) mass is 340 g/mol. The summed E-state index contributed by atoms with van der Waals surface area (Å²) >= 11 is 0. The molecule has 0 bridgehead atoms. The molecule has 1 atom stereocenters. The van der Waals surface area contributed by atoms with Gasteiger partial charge in [0.2, 0.25) is 0 Å². The summed E-state index contributed by atoms with van der Waals surface area (Å²) in [6.45, 7) is 0.876. The Kier molecular flexibility index (Phi) is 4.02. The molecule has 0 spiro atoms. The zero-order chi connectivity index (χ0) is 16.5. The fourth-order valence-corrected chi connectivity index (χ4v) is 4.44. The summed E-state index contributed by atoms with van der Waals surface area (Å²) in [6, 6.07) is 10.4. The average Bonchev–Trinajstić information content (AvgIpc) is 3.17. The van der Waals surface area contributed by atoms with Gasteiger partial charge in [-0.1, -0.05) is 18.2 Å². The molecule has 2 aromatic rings. The van der Waals surface area contributed by atoms with Crippen molar-refractivity contribution in [2.45, 2.75) is 12.8 Å². The van der Waals surface area contributed by atoms with Crippen molar-refractivity contribution < 1.29 is 8.95 Å². The molecule has 0 saturated carbocycles. The molecular formula is C19H20N2O2S. The van der Waals surface area contributed by atoms with Gasteiger partial charge in [0.15, 0.2) is 0 Å². The second kappa shape index (κ2) is 6.32. The van der Waals surface area contributed by atoms with Gasteiger partial charge in [-0.3, -0.25) is 4.31 Å². The molecule has 0 radical (unpaired) electrons. The normalized spacial score (nSPS) is 19.8. The molecule has 1 aromatic carbocycles. The number of ether oxygens (including phenoxy) is 1. The van der Waals surface area contributed by atoms with Crippen LogP contribution in [0.5, 0.6) is 0 Å². The Morgan fingerprint density at radius 3 is 2.75 bits per heavy atom. The number of rotatable bonds is 3. The van der Waals surface area contributed by atoms with Crippen LogP contribution in [-0.2, 0) is 15.7 Å². The summed E-state index contributed by atoms with van der Waals surface area (Å²) in [7, 11) is 0.836. The maximum absolute atomic E-state index is 12.0. The summed E-state index contributed by atoms with van der Waals surface area (Å²) in [4.78, 5) is 3.48. The number of allylic oxidation sites excluding steroid dienone is 2. The lowest BCUT2D eigenvalue weighted by atomic mass is 10.1. The molecule has 1 unspecified atom stereocenters. The maximum Gasteiger partial charge on any atom is 0.119 e. The predicted octanol–water partition coefficient (Wildman–Crippen LogP) is 2.05. The number of aromatic amines is 1. The average molecular weight is 340 g/mol. The van der Waals surface area contributed by atoms with E-state index in [-0.39, 0.29) is 0 Å². The van der Waals surface area contributed by atoms with Gasteiger partial charge in [0.25, 0.3) is 0 Å². The van der Waals surface area contributed by atoms with Gasteiger partial charge < -0.3 is 9.72 Å². The first kappa shape index (κ1) is 15.3. The Hall–Kier alpha value is -2.27. The maximum atomic E-state index is 12.0. The van der Waals surface area contributed by atoms with Crippen LogP contribution >= 0.6 is 0 Å². The molecule has 1 N–H and O–H groups in total. The Labute approximate surface area is 143 Å². The topological polar surface area (TPSA) is 45.3 Å². The molecule has 24 heavy (non-hydrogen) atoms. The number of fused-ring (bicyclic) bond motifs is 1. The van der Waals surface area contributed by atoms with Crippen LogP contribution < -0.4 is 14.9 Å². The van der Waals surface area contributed by atoms with Crippen LogP contribution in [0.25, 0.3) is 23.4 Å². The number of benzene rings is 1. The van der Waals surface area contributed by atoms with E-state index in [0.717, 1.165) is 53.2 Å². The number of methoxy groups -OCH3 is 1. The molecule has 1 fully saturated rings. The molecule has 2 heterocycles. The Morgan fingerprint density at radius 1 is 1.21 bits per heavy atom. The molecule has 5 heteroatoms. The van der Waals surface area contributed by atoms with E-state index in [2.05, 4.69) is 47.5 Å². The highest BCUT2D eigenvalue weighted by atomic mass is 32.2. The second-order valence-electron chi connectivity index (χ2n) is 5.99. The van der Waals surface area contributed by atoms with Gasteiger partial charge in [0.1, 0.15) is 11.0 Å². The van der Waals surface area contributed by atoms with Crippen LogP contribution in [0, 0.1) is 0 Å². The highest BCUT2D eigenvalue weighted by Gasteiger charge is 2.20. The van der Waals surface area contributed by atoms with Crippen LogP contribution in [0.2, 0.25) is 0 Å². The van der Waals surface area contributed by atoms with Crippen molar-refractivity contribution in [3.63, 3.8) is 0 Å². The second-order valence-corrected chi connectivity index (χ2v) is 7.48. The molecule has 4 nitrogen and oxygen atoms in total. The molecule has 1 aromatic heterocycles. The number of hydrogen-bond acceptors (Lipinski definition) is 2. The molecular weight excluding hydrogens is 320 g/mol. The minimum Gasteiger partial charge on any atom is -0.501 e. The third kappa shape index (κ3) is 2.80. The van der Waals surface area contributed by atoms with Crippen LogP contribution in [0.15, 0.2) is 42.2 Å². The molecule has 1 saturated heterocycles. The minimum atomic E-state index is -0.866. The SMILES string of the molecule is COC1=CC=c2cc(-c3ccc(N4CCCS4=O)cc3)[nH]c2=CC1. The van der Waals surface area contributed by atoms with Crippen LogP contribution in [0.4, 0.5) is 5.69 Å². The largest absolute Gasteiger partial charge is 0.501 e. The van der Waals surface area contributed by atoms with E-state index < -0.39 is 11.0 Å². The lowest BCUT2D eigenvalue weighted by Crippen LogP contribution is -2.20. The fraction of sp³-hybridized carbons (Fsp3) is 0.263. The van der Waals surface area contributed by atoms with Crippen molar-refractivity contribution >= 4 is 28.8 Å². The summed E-state index contributed by atoms with van der Waals surface area (Å²) in [6.07, 6.45) is 8.05. The van der Waals surface area contributed by atoms with Gasteiger partial charge in [0, 0.05) is 35.4 Å². The summed E-state index contributed by atoms with van der Waals surface area (Å²) < 4.78 is 19.2. The summed E-state index contributed by atoms with van der Waals surface area (Å²) in [5, 5.41) is 2.29. The highest BCUT2D eigenvalue weighted by molar-refractivity contribution is 7.86. The van der Waals surface area contributed by atoms with Crippen molar-refractivity contribution in [1.29, 1.82) is 0 Å². The number of nitrogens with one attached hydrogen (secondary N) is 1. The van der Waals surface area contributed by atoms with Gasteiger partial charge in [0.05, 0.1) is 12.9 Å². The number of hydrogen-bond donors (Lipinski definition) is 1. The molecule has 4 rings (SSSR count). The van der Waals surface area contributed by atoms with E-state index in [1.54, 1.807) is 7.11 Å². The van der Waals surface area contributed by atoms with Crippen molar-refractivity contribution in [2.75, 3.05) is 23.7 Å². The first-order valence-corrected chi connectivity index (χ1v) is 9.43. The van der Waals surface area contributed by atoms with Crippen molar-refractivity contribution in [3.05, 3.63) is 52.7 Å². The molecule has 124 valence electrons. The molecule has 2 aliphatic rings. The Balaban J connectivity index is 1.65. The third-order valence-corrected chi connectivity index (χ3v) is 6.01. The lowest BCUT2D eigenvalue weighted by Gasteiger charge is -2.15. The van der Waals surface area contributed by atoms with E-state index in [4.69, 9.17) is 4.74 Å². The lowest BCUT2D eigenvalue weighted by molar-refractivity contribution is 0.287. The first-order valence-electron chi connectivity index (χ1n) is 8.15. The van der Waals surface area contributed by atoms with Crippen LogP contribution in [-0.4, -0.2) is 28.6 Å². The van der Waals surface area contributed by atoms with E-state index in [0.29, 0.717) is 0 Å². The molecule has 1 aliphatic heterocycles. The molecule has 1 aliphatic carbocycles. The summed E-state index contributed by atoms with van der Waals surface area (Å²) in [5.41, 5.74) is 3.26. The van der Waals surface area contributed by atoms with Crippen molar-refractivity contribution in [1.82, 2.24) is 4.98 Å². The number of anilines is 1. The van der Waals surface area contributed by atoms with Gasteiger partial charge in [-0.2, -0.15) is 0 Å². The van der Waals surface area contributed by atoms with Gasteiger partial charge >= 0.3 is 0 Å². The Bertz CT molecular complexity index is 925. The Morgan fingerprint density at radius 2 is 2.04 bits per heavy atom. The van der Waals surface area contributed by atoms with E-state index in [1.807, 2.05) is 10.4 Å². The van der Waals surface area contributed by atoms with Crippen molar-refractivity contribution in [3.8, 4) is 11.3 Å². The predicted molar refractivity (Wildman–Crippen MR) is 99.1 cm³/mol. The fourth-order valence-electron chi connectivity index (χ4n) is 3.15. The minimum absolute atomic E-state index is 0.772. The molecule has 0 amide bonds. The van der Waals surface area contributed by atoms with E-state index >= 15 is 0 Å². The number of aromatic nitrogens is 1. The van der Waals surface area contributed by atoms with Gasteiger partial charge in [-0.25, -0.2) is 4.21 Å². The quantitative estimate of drug-likeness (QED) is 0.929. The smallest absolute Gasteiger partial charge is 0.119 e. The zero-order valence-corrected chi connectivity index (χ0v) is 14.4. The van der Waals surface area contributed by atoms with Gasteiger partial charge in [-0.05, 0) is 47.6 Å². The van der Waals surface area contributed by atoms with Crippen LogP contribution in [0.3, 0.4) is 0 Å². The third-order valence-electron chi connectivity index (χ3n) is 4.49. The first-order chi connectivity index (χ1) is 11.7. The number of nitrogens with zero attached hydrogens (tertiary/aromatic N) is 1. The van der Waals surface area contributed by atoms with Crippen LogP contribution in [0.1, 0.15) is 12.8 Å². The zero-order valence-electron chi connectivity index (χ0n) is 13.6. The van der Waals surface area contributed by atoms with E-state index in [1.165, 1.54) is 5.22 Å². The van der Waals surface area contributed by atoms with E-state index in [9.17, 15) is 4.21 Å². The number of H-pyrrole nitrogens is 1.